The third-order valence-corrected chi connectivity index (χ3v) is 6.15. The minimum absolute atomic E-state index is 0.406. The van der Waals surface area contributed by atoms with Gasteiger partial charge in [0.05, 0.1) is 29.7 Å². The second kappa shape index (κ2) is 10.0. The van der Waals surface area contributed by atoms with Gasteiger partial charge in [-0.2, -0.15) is 5.10 Å². The number of carbonyl (C=O) groups is 2. The lowest BCUT2D eigenvalue weighted by atomic mass is 10.1. The number of ether oxygens (including phenoxy) is 1. The molecule has 0 unspecified atom stereocenters. The molecule has 172 valence electrons. The first kappa shape index (κ1) is 22.7. The summed E-state index contributed by atoms with van der Waals surface area (Å²) in [5.74, 6) is -0.0815. The molecule has 0 bridgehead atoms. The summed E-state index contributed by atoms with van der Waals surface area (Å²) in [5.41, 5.74) is 3.74. The Bertz CT molecular complexity index is 1120. The average molecular weight is 447 g/mol. The molecule has 2 aromatic carbocycles. The molecule has 1 saturated heterocycles. The lowest BCUT2D eigenvalue weighted by molar-refractivity contribution is -0.126. The Kier molecular flexibility index (Phi) is 6.89. The summed E-state index contributed by atoms with van der Waals surface area (Å²) in [5, 5.41) is 4.53. The van der Waals surface area contributed by atoms with Crippen molar-refractivity contribution >= 4 is 11.7 Å². The lowest BCUT2D eigenvalue weighted by Gasteiger charge is -2.21. The number of carbonyl (C=O) groups excluding carboxylic acids is 2. The van der Waals surface area contributed by atoms with Crippen molar-refractivity contribution in [3.05, 3.63) is 77.1 Å². The van der Waals surface area contributed by atoms with Gasteiger partial charge in [0.25, 0.3) is 11.7 Å². The van der Waals surface area contributed by atoms with Crippen LogP contribution in [0.2, 0.25) is 0 Å². The molecule has 3 aromatic rings. The normalized spacial score (nSPS) is 14.7. The second-order valence-corrected chi connectivity index (χ2v) is 8.39. The van der Waals surface area contributed by atoms with Crippen LogP contribution in [-0.4, -0.2) is 64.6 Å². The van der Waals surface area contributed by atoms with E-state index in [1.807, 2.05) is 49.4 Å². The SMILES string of the molecule is COc1ccc(CN2CCCN(C(=O)C(=O)c3c(C)nn(-c4ccccc4)c3C)CC2)cc1. The highest BCUT2D eigenvalue weighted by molar-refractivity contribution is 6.43. The molecule has 7 nitrogen and oxygen atoms in total. The Morgan fingerprint density at radius 1 is 0.939 bits per heavy atom. The lowest BCUT2D eigenvalue weighted by Crippen LogP contribution is -2.39. The zero-order valence-corrected chi connectivity index (χ0v) is 19.5. The quantitative estimate of drug-likeness (QED) is 0.429. The van der Waals surface area contributed by atoms with Crippen LogP contribution in [0.3, 0.4) is 0 Å². The van der Waals surface area contributed by atoms with Crippen molar-refractivity contribution in [2.75, 3.05) is 33.3 Å². The van der Waals surface area contributed by atoms with Gasteiger partial charge in [0.15, 0.2) is 0 Å². The Hall–Kier alpha value is -3.45. The summed E-state index contributed by atoms with van der Waals surface area (Å²) in [7, 11) is 1.66. The van der Waals surface area contributed by atoms with Crippen LogP contribution in [0.25, 0.3) is 5.69 Å². The Balaban J connectivity index is 1.43. The van der Waals surface area contributed by atoms with E-state index in [0.29, 0.717) is 30.0 Å². The molecule has 1 amide bonds. The molecular formula is C26H30N4O3. The van der Waals surface area contributed by atoms with Crippen LogP contribution in [0, 0.1) is 13.8 Å². The molecule has 7 heteroatoms. The van der Waals surface area contributed by atoms with Crippen LogP contribution in [0.4, 0.5) is 0 Å². The van der Waals surface area contributed by atoms with E-state index in [2.05, 4.69) is 22.1 Å². The van der Waals surface area contributed by atoms with Crippen LogP contribution in [-0.2, 0) is 11.3 Å². The summed E-state index contributed by atoms with van der Waals surface area (Å²) in [4.78, 5) is 30.4. The number of rotatable bonds is 6. The zero-order valence-electron chi connectivity index (χ0n) is 19.5. The van der Waals surface area contributed by atoms with E-state index in [0.717, 1.165) is 37.5 Å². The second-order valence-electron chi connectivity index (χ2n) is 8.39. The average Bonchev–Trinajstić information content (AvgIpc) is 2.99. The maximum Gasteiger partial charge on any atom is 0.295 e. The number of amides is 1. The van der Waals surface area contributed by atoms with Gasteiger partial charge in [0.1, 0.15) is 5.75 Å². The third-order valence-electron chi connectivity index (χ3n) is 6.15. The highest BCUT2D eigenvalue weighted by Gasteiger charge is 2.30. The van der Waals surface area contributed by atoms with Crippen LogP contribution >= 0.6 is 0 Å². The van der Waals surface area contributed by atoms with E-state index in [1.54, 1.807) is 23.6 Å². The molecule has 4 rings (SSSR count). The largest absolute Gasteiger partial charge is 0.497 e. The minimum Gasteiger partial charge on any atom is -0.497 e. The predicted molar refractivity (Wildman–Crippen MR) is 127 cm³/mol. The Morgan fingerprint density at radius 2 is 1.67 bits per heavy atom. The number of nitrogens with zero attached hydrogens (tertiary/aromatic N) is 4. The molecule has 1 aliphatic rings. The van der Waals surface area contributed by atoms with Crippen molar-refractivity contribution in [2.24, 2.45) is 0 Å². The number of aromatic nitrogens is 2. The van der Waals surface area contributed by atoms with Crippen molar-refractivity contribution in [1.82, 2.24) is 19.6 Å². The molecule has 33 heavy (non-hydrogen) atoms. The van der Waals surface area contributed by atoms with E-state index >= 15 is 0 Å². The molecule has 0 atom stereocenters. The first-order valence-corrected chi connectivity index (χ1v) is 11.3. The molecule has 0 saturated carbocycles. The van der Waals surface area contributed by atoms with Gasteiger partial charge in [-0.1, -0.05) is 30.3 Å². The van der Waals surface area contributed by atoms with Gasteiger partial charge in [-0.3, -0.25) is 14.5 Å². The number of Topliss-reactive ketones (excluding diaryl/α,β-unsaturated/α-hetero) is 1. The van der Waals surface area contributed by atoms with E-state index in [-0.39, 0.29) is 0 Å². The summed E-state index contributed by atoms with van der Waals surface area (Å²) >= 11 is 0. The number of para-hydroxylation sites is 1. The van der Waals surface area contributed by atoms with Gasteiger partial charge in [-0.25, -0.2) is 4.68 Å². The topological polar surface area (TPSA) is 67.7 Å². The number of hydrogen-bond acceptors (Lipinski definition) is 5. The Labute approximate surface area is 194 Å². The van der Waals surface area contributed by atoms with Crippen molar-refractivity contribution in [3.63, 3.8) is 0 Å². The maximum absolute atomic E-state index is 13.2. The molecule has 0 radical (unpaired) electrons. The molecule has 0 N–H and O–H groups in total. The van der Waals surface area contributed by atoms with E-state index in [4.69, 9.17) is 4.74 Å². The van der Waals surface area contributed by atoms with Crippen LogP contribution in [0.15, 0.2) is 54.6 Å². The first-order valence-electron chi connectivity index (χ1n) is 11.3. The summed E-state index contributed by atoms with van der Waals surface area (Å²) in [6.07, 6.45) is 0.830. The fraction of sp³-hybridized carbons (Fsp3) is 0.346. The molecular weight excluding hydrogens is 416 g/mol. The fourth-order valence-electron chi connectivity index (χ4n) is 4.36. The molecule has 2 heterocycles. The summed E-state index contributed by atoms with van der Waals surface area (Å²) < 4.78 is 6.96. The van der Waals surface area contributed by atoms with Crippen molar-refractivity contribution in [3.8, 4) is 11.4 Å². The number of aryl methyl sites for hydroxylation is 1. The third kappa shape index (κ3) is 4.98. The smallest absolute Gasteiger partial charge is 0.295 e. The van der Waals surface area contributed by atoms with Crippen LogP contribution in [0.5, 0.6) is 5.75 Å². The first-order chi connectivity index (χ1) is 16.0. The summed E-state index contributed by atoms with van der Waals surface area (Å²) in [6, 6.07) is 17.7. The number of methoxy groups -OCH3 is 1. The van der Waals surface area contributed by atoms with Gasteiger partial charge >= 0.3 is 0 Å². The summed E-state index contributed by atoms with van der Waals surface area (Å²) in [6.45, 7) is 7.15. The highest BCUT2D eigenvalue weighted by Crippen LogP contribution is 2.20. The van der Waals surface area contributed by atoms with Crippen LogP contribution < -0.4 is 4.74 Å². The molecule has 0 spiro atoms. The number of ketones is 1. The number of benzene rings is 2. The van der Waals surface area contributed by atoms with Crippen molar-refractivity contribution < 1.29 is 14.3 Å². The minimum atomic E-state index is -0.476. The van der Waals surface area contributed by atoms with Gasteiger partial charge in [-0.05, 0) is 50.1 Å². The van der Waals surface area contributed by atoms with Crippen molar-refractivity contribution in [1.29, 1.82) is 0 Å². The monoisotopic (exact) mass is 446 g/mol. The Morgan fingerprint density at radius 3 is 2.36 bits per heavy atom. The maximum atomic E-state index is 13.2. The van der Waals surface area contributed by atoms with E-state index in [9.17, 15) is 9.59 Å². The van der Waals surface area contributed by atoms with E-state index < -0.39 is 11.7 Å². The zero-order chi connectivity index (χ0) is 23.4. The van der Waals surface area contributed by atoms with Gasteiger partial charge in [0.2, 0.25) is 0 Å². The van der Waals surface area contributed by atoms with Gasteiger partial charge < -0.3 is 9.64 Å². The van der Waals surface area contributed by atoms with Gasteiger partial charge in [-0.15, -0.1) is 0 Å². The molecule has 1 fully saturated rings. The standard InChI is InChI=1S/C26H30N4O3/c1-19-24(20(2)30(27-19)22-8-5-4-6-9-22)25(31)26(32)29-15-7-14-28(16-17-29)18-21-10-12-23(33-3)13-11-21/h4-6,8-13H,7,14-18H2,1-3H3. The number of hydrogen-bond donors (Lipinski definition) is 0. The van der Waals surface area contributed by atoms with Crippen molar-refractivity contribution in [2.45, 2.75) is 26.8 Å². The fourth-order valence-corrected chi connectivity index (χ4v) is 4.36. The van der Waals surface area contributed by atoms with Crippen LogP contribution in [0.1, 0.15) is 33.7 Å². The predicted octanol–water partition coefficient (Wildman–Crippen LogP) is 3.41. The van der Waals surface area contributed by atoms with Gasteiger partial charge in [0, 0.05) is 32.7 Å². The molecule has 1 aliphatic heterocycles. The highest BCUT2D eigenvalue weighted by atomic mass is 16.5. The molecule has 1 aromatic heterocycles. The molecule has 0 aliphatic carbocycles. The van der Waals surface area contributed by atoms with E-state index in [1.165, 1.54) is 5.56 Å².